The van der Waals surface area contributed by atoms with Gasteiger partial charge in [-0.25, -0.2) is 0 Å². The van der Waals surface area contributed by atoms with Crippen LogP contribution in [0.2, 0.25) is 0 Å². The fourth-order valence-electron chi connectivity index (χ4n) is 2.04. The largest absolute Gasteiger partial charge is 0.508 e. The summed E-state index contributed by atoms with van der Waals surface area (Å²) in [6.07, 6.45) is 1.28. The van der Waals surface area contributed by atoms with Gasteiger partial charge in [0.15, 0.2) is 0 Å². The van der Waals surface area contributed by atoms with Gasteiger partial charge in [0.05, 0.1) is 12.1 Å². The normalized spacial score (nSPS) is 17.8. The van der Waals surface area contributed by atoms with E-state index in [0.717, 1.165) is 30.9 Å². The Balaban J connectivity index is 1.76. The Morgan fingerprint density at radius 2 is 2.33 bits per heavy atom. The van der Waals surface area contributed by atoms with Crippen LogP contribution in [0.1, 0.15) is 31.9 Å². The predicted molar refractivity (Wildman–Crippen MR) is 70.1 cm³/mol. The maximum Gasteiger partial charge on any atom is 0.127 e. The van der Waals surface area contributed by atoms with Crippen molar-refractivity contribution < 1.29 is 14.6 Å². The number of ether oxygens (including phenoxy) is 2. The lowest BCUT2D eigenvalue weighted by molar-refractivity contribution is 0.0765. The van der Waals surface area contributed by atoms with Crippen LogP contribution >= 0.6 is 0 Å². The molecule has 2 N–H and O–H groups in total. The van der Waals surface area contributed by atoms with Gasteiger partial charge in [-0.2, -0.15) is 0 Å². The molecule has 0 bridgehead atoms. The molecule has 1 aliphatic heterocycles. The summed E-state index contributed by atoms with van der Waals surface area (Å²) in [4.78, 5) is 0. The van der Waals surface area contributed by atoms with Crippen LogP contribution in [0.5, 0.6) is 11.5 Å². The van der Waals surface area contributed by atoms with Gasteiger partial charge in [-0.1, -0.05) is 0 Å². The van der Waals surface area contributed by atoms with E-state index in [2.05, 4.69) is 5.32 Å². The quantitative estimate of drug-likeness (QED) is 0.761. The highest BCUT2D eigenvalue weighted by Gasteiger charge is 2.23. The molecule has 1 aromatic rings. The van der Waals surface area contributed by atoms with Crippen molar-refractivity contribution in [3.8, 4) is 11.5 Å². The molecule has 1 aromatic carbocycles. The van der Waals surface area contributed by atoms with Gasteiger partial charge in [0.1, 0.15) is 18.1 Å². The number of phenolic OH excluding ortho intramolecular Hbond substituents is 1. The fourth-order valence-corrected chi connectivity index (χ4v) is 2.04. The molecule has 1 unspecified atom stereocenters. The van der Waals surface area contributed by atoms with Gasteiger partial charge in [-0.05, 0) is 38.9 Å². The van der Waals surface area contributed by atoms with Gasteiger partial charge >= 0.3 is 0 Å². The van der Waals surface area contributed by atoms with E-state index in [9.17, 15) is 5.11 Å². The highest BCUT2D eigenvalue weighted by Crippen LogP contribution is 2.34. The van der Waals surface area contributed by atoms with Gasteiger partial charge in [0.2, 0.25) is 0 Å². The lowest BCUT2D eigenvalue weighted by atomic mass is 10.1. The Hall–Kier alpha value is -1.26. The van der Waals surface area contributed by atoms with Crippen LogP contribution in [0, 0.1) is 0 Å². The molecule has 4 nitrogen and oxygen atoms in total. The minimum Gasteiger partial charge on any atom is -0.508 e. The molecule has 1 atom stereocenters. The third-order valence-corrected chi connectivity index (χ3v) is 2.94. The first-order chi connectivity index (χ1) is 8.66. The van der Waals surface area contributed by atoms with Gasteiger partial charge < -0.3 is 19.9 Å². The van der Waals surface area contributed by atoms with Crippen molar-refractivity contribution in [1.82, 2.24) is 5.32 Å². The molecular formula is C14H21NO3. The van der Waals surface area contributed by atoms with Crippen molar-refractivity contribution in [3.05, 3.63) is 23.8 Å². The molecule has 0 aromatic heterocycles. The lowest BCUT2D eigenvalue weighted by Crippen LogP contribution is -2.24. The monoisotopic (exact) mass is 251 g/mol. The van der Waals surface area contributed by atoms with Crippen molar-refractivity contribution >= 4 is 0 Å². The number of hydrogen-bond donors (Lipinski definition) is 2. The maximum atomic E-state index is 9.36. The van der Waals surface area contributed by atoms with Gasteiger partial charge in [-0.3, -0.25) is 0 Å². The number of aromatic hydroxyl groups is 1. The van der Waals surface area contributed by atoms with Gasteiger partial charge in [0.25, 0.3) is 0 Å². The molecule has 0 spiro atoms. The molecule has 0 fully saturated rings. The van der Waals surface area contributed by atoms with E-state index in [-0.39, 0.29) is 11.8 Å². The minimum absolute atomic E-state index is 0.222. The molecule has 0 aliphatic carbocycles. The molecular weight excluding hydrogens is 230 g/mol. The van der Waals surface area contributed by atoms with E-state index in [4.69, 9.17) is 9.47 Å². The first-order valence-corrected chi connectivity index (χ1v) is 6.47. The SMILES string of the molecule is CC(C)OCCCNC1COc2cc(O)ccc21. The third-order valence-electron chi connectivity index (χ3n) is 2.94. The van der Waals surface area contributed by atoms with Crippen LogP contribution in [-0.4, -0.2) is 31.0 Å². The zero-order chi connectivity index (χ0) is 13.0. The molecule has 1 heterocycles. The number of nitrogens with one attached hydrogen (secondary N) is 1. The van der Waals surface area contributed by atoms with Crippen molar-refractivity contribution in [2.45, 2.75) is 32.4 Å². The summed E-state index contributed by atoms with van der Waals surface area (Å²) < 4.78 is 11.0. The molecule has 18 heavy (non-hydrogen) atoms. The number of phenols is 1. The van der Waals surface area contributed by atoms with Gasteiger partial charge in [-0.15, -0.1) is 0 Å². The average molecular weight is 251 g/mol. The molecule has 2 rings (SSSR count). The zero-order valence-electron chi connectivity index (χ0n) is 11.0. The smallest absolute Gasteiger partial charge is 0.127 e. The highest BCUT2D eigenvalue weighted by molar-refractivity contribution is 5.44. The van der Waals surface area contributed by atoms with Crippen molar-refractivity contribution in [2.24, 2.45) is 0 Å². The van der Waals surface area contributed by atoms with Crippen LogP contribution < -0.4 is 10.1 Å². The minimum atomic E-state index is 0.222. The van der Waals surface area contributed by atoms with Crippen LogP contribution in [0.3, 0.4) is 0 Å². The summed E-state index contributed by atoms with van der Waals surface area (Å²) >= 11 is 0. The topological polar surface area (TPSA) is 50.7 Å². The number of fused-ring (bicyclic) bond motifs is 1. The summed E-state index contributed by atoms with van der Waals surface area (Å²) in [6, 6.07) is 5.50. The van der Waals surface area contributed by atoms with Crippen LogP contribution in [0.15, 0.2) is 18.2 Å². The second kappa shape index (κ2) is 6.07. The predicted octanol–water partition coefficient (Wildman–Crippen LogP) is 2.23. The van der Waals surface area contributed by atoms with E-state index in [0.29, 0.717) is 12.7 Å². The van der Waals surface area contributed by atoms with Gasteiger partial charge in [0, 0.05) is 18.2 Å². The molecule has 4 heteroatoms. The lowest BCUT2D eigenvalue weighted by Gasteiger charge is -2.12. The Labute approximate surface area is 108 Å². The fraction of sp³-hybridized carbons (Fsp3) is 0.571. The molecule has 0 saturated carbocycles. The molecule has 1 aliphatic rings. The number of hydrogen-bond acceptors (Lipinski definition) is 4. The van der Waals surface area contributed by atoms with E-state index in [1.165, 1.54) is 0 Å². The van der Waals surface area contributed by atoms with Crippen molar-refractivity contribution in [3.63, 3.8) is 0 Å². The summed E-state index contributed by atoms with van der Waals surface area (Å²) in [5.74, 6) is 1.03. The highest BCUT2D eigenvalue weighted by atomic mass is 16.5. The van der Waals surface area contributed by atoms with E-state index in [1.807, 2.05) is 19.9 Å². The Bertz CT molecular complexity index is 393. The van der Waals surface area contributed by atoms with Crippen molar-refractivity contribution in [2.75, 3.05) is 19.8 Å². The molecule has 0 amide bonds. The van der Waals surface area contributed by atoms with Crippen molar-refractivity contribution in [1.29, 1.82) is 0 Å². The molecule has 0 radical (unpaired) electrons. The Morgan fingerprint density at radius 3 is 3.11 bits per heavy atom. The summed E-state index contributed by atoms with van der Waals surface area (Å²) in [5.41, 5.74) is 1.12. The first kappa shape index (κ1) is 13.2. The second-order valence-corrected chi connectivity index (χ2v) is 4.81. The summed E-state index contributed by atoms with van der Waals surface area (Å²) in [6.45, 7) is 6.40. The van der Waals surface area contributed by atoms with Crippen LogP contribution in [0.4, 0.5) is 0 Å². The van der Waals surface area contributed by atoms with E-state index < -0.39 is 0 Å². The van der Waals surface area contributed by atoms with Crippen LogP contribution in [0.25, 0.3) is 0 Å². The average Bonchev–Trinajstić information content (AvgIpc) is 2.70. The number of benzene rings is 1. The maximum absolute atomic E-state index is 9.36. The summed E-state index contributed by atoms with van der Waals surface area (Å²) in [5, 5.41) is 12.8. The van der Waals surface area contributed by atoms with Crippen LogP contribution in [-0.2, 0) is 4.74 Å². The molecule has 100 valence electrons. The van der Waals surface area contributed by atoms with E-state index in [1.54, 1.807) is 12.1 Å². The zero-order valence-corrected chi connectivity index (χ0v) is 11.0. The Kier molecular flexibility index (Phi) is 4.44. The third kappa shape index (κ3) is 3.37. The Morgan fingerprint density at radius 1 is 1.50 bits per heavy atom. The van der Waals surface area contributed by atoms with E-state index >= 15 is 0 Å². The molecule has 0 saturated heterocycles. The summed E-state index contributed by atoms with van der Waals surface area (Å²) in [7, 11) is 0. The second-order valence-electron chi connectivity index (χ2n) is 4.81. The first-order valence-electron chi connectivity index (χ1n) is 6.47. The standard InChI is InChI=1S/C14H21NO3/c1-10(2)17-7-3-6-15-13-9-18-14-8-11(16)4-5-12(13)14/h4-5,8,10,13,15-16H,3,6-7,9H2,1-2H3. The number of rotatable bonds is 6.